The molecule has 28 heavy (non-hydrogen) atoms. The fourth-order valence-electron chi connectivity index (χ4n) is 3.22. The maximum absolute atomic E-state index is 13.2. The van der Waals surface area contributed by atoms with E-state index in [-0.39, 0.29) is 29.5 Å². The van der Waals surface area contributed by atoms with Crippen molar-refractivity contribution < 1.29 is 18.7 Å². The van der Waals surface area contributed by atoms with Gasteiger partial charge < -0.3 is 15.0 Å². The van der Waals surface area contributed by atoms with Crippen LogP contribution in [0.2, 0.25) is 5.02 Å². The predicted molar refractivity (Wildman–Crippen MR) is 108 cm³/mol. The number of likely N-dealkylation sites (tertiary alicyclic amines) is 1. The third-order valence-electron chi connectivity index (χ3n) is 4.41. The minimum atomic E-state index is -0.523. The number of carbonyl (C=O) groups excluding carboxylic acids is 2. The molecule has 156 valence electrons. The number of nitrogens with one attached hydrogen (secondary N) is 1. The quantitative estimate of drug-likeness (QED) is 0.792. The lowest BCUT2D eigenvalue weighted by Crippen LogP contribution is -2.45. The fourth-order valence-corrected chi connectivity index (χ4v) is 3.40. The Balaban J connectivity index is 1.82. The molecule has 1 aromatic rings. The van der Waals surface area contributed by atoms with Crippen molar-refractivity contribution in [3.05, 3.63) is 29.0 Å². The molecule has 1 aromatic carbocycles. The van der Waals surface area contributed by atoms with Gasteiger partial charge in [0.1, 0.15) is 11.4 Å². The minimum absolute atomic E-state index is 0.0268. The molecule has 2 amide bonds. The van der Waals surface area contributed by atoms with Crippen LogP contribution in [0.3, 0.4) is 0 Å². The van der Waals surface area contributed by atoms with Crippen molar-refractivity contribution in [2.75, 3.05) is 38.5 Å². The van der Waals surface area contributed by atoms with E-state index in [1.54, 1.807) is 11.9 Å². The van der Waals surface area contributed by atoms with Gasteiger partial charge in [-0.25, -0.2) is 9.18 Å². The van der Waals surface area contributed by atoms with Crippen molar-refractivity contribution in [2.45, 2.75) is 39.2 Å². The minimum Gasteiger partial charge on any atom is -0.444 e. The van der Waals surface area contributed by atoms with Crippen molar-refractivity contribution in [2.24, 2.45) is 5.92 Å². The van der Waals surface area contributed by atoms with Crippen LogP contribution in [0.25, 0.3) is 0 Å². The molecule has 6 nitrogen and oxygen atoms in total. The molecule has 1 fully saturated rings. The second-order valence-corrected chi connectivity index (χ2v) is 8.69. The van der Waals surface area contributed by atoms with E-state index in [0.717, 1.165) is 25.9 Å². The summed E-state index contributed by atoms with van der Waals surface area (Å²) in [5.74, 6) is -0.421. The first-order chi connectivity index (χ1) is 13.0. The number of anilines is 1. The molecule has 1 atom stereocenters. The van der Waals surface area contributed by atoms with Crippen molar-refractivity contribution in [3.8, 4) is 0 Å². The Morgan fingerprint density at radius 3 is 2.75 bits per heavy atom. The van der Waals surface area contributed by atoms with Gasteiger partial charge in [-0.2, -0.15) is 0 Å². The van der Waals surface area contributed by atoms with Crippen LogP contribution in [-0.4, -0.2) is 60.6 Å². The number of piperidine rings is 1. The SMILES string of the molecule is CN(CC1CCCN(CC(=O)Nc2ccc(F)c(Cl)c2)C1)C(=O)OC(C)(C)C. The van der Waals surface area contributed by atoms with Crippen LogP contribution in [0.1, 0.15) is 33.6 Å². The molecule has 2 rings (SSSR count). The number of halogens is 2. The molecule has 0 radical (unpaired) electrons. The summed E-state index contributed by atoms with van der Waals surface area (Å²) in [6, 6.07) is 4.10. The molecule has 0 spiro atoms. The van der Waals surface area contributed by atoms with E-state index in [1.807, 2.05) is 20.8 Å². The highest BCUT2D eigenvalue weighted by Crippen LogP contribution is 2.21. The highest BCUT2D eigenvalue weighted by molar-refractivity contribution is 6.31. The summed E-state index contributed by atoms with van der Waals surface area (Å²) in [5.41, 5.74) is -0.0553. The molecule has 1 aliphatic rings. The molecule has 1 unspecified atom stereocenters. The van der Waals surface area contributed by atoms with Crippen LogP contribution in [0.15, 0.2) is 18.2 Å². The normalized spacial score (nSPS) is 17.9. The maximum Gasteiger partial charge on any atom is 0.410 e. The molecular formula is C20H29ClFN3O3. The second-order valence-electron chi connectivity index (χ2n) is 8.28. The Hall–Kier alpha value is -1.86. The van der Waals surface area contributed by atoms with Crippen LogP contribution >= 0.6 is 11.6 Å². The molecule has 0 aliphatic carbocycles. The zero-order valence-electron chi connectivity index (χ0n) is 16.9. The standard InChI is InChI=1S/C20H29ClFN3O3/c1-20(2,3)28-19(27)24(4)11-14-6-5-9-25(12-14)13-18(26)23-15-7-8-17(22)16(21)10-15/h7-8,10,14H,5-6,9,11-13H2,1-4H3,(H,23,26). The van der Waals surface area contributed by atoms with Gasteiger partial charge in [-0.05, 0) is 64.3 Å². The molecule has 0 bridgehead atoms. The zero-order chi connectivity index (χ0) is 20.9. The number of rotatable bonds is 5. The summed E-state index contributed by atoms with van der Waals surface area (Å²) >= 11 is 5.74. The van der Waals surface area contributed by atoms with Gasteiger partial charge >= 0.3 is 6.09 Å². The van der Waals surface area contributed by atoms with Gasteiger partial charge in [0.05, 0.1) is 11.6 Å². The maximum atomic E-state index is 13.2. The summed E-state index contributed by atoms with van der Waals surface area (Å²) in [7, 11) is 1.73. The molecule has 1 N–H and O–H groups in total. The summed E-state index contributed by atoms with van der Waals surface area (Å²) in [6.07, 6.45) is 1.62. The first-order valence-corrected chi connectivity index (χ1v) is 9.82. The lowest BCUT2D eigenvalue weighted by Gasteiger charge is -2.34. The van der Waals surface area contributed by atoms with Gasteiger partial charge in [-0.1, -0.05) is 11.6 Å². The number of amides is 2. The number of ether oxygens (including phenoxy) is 1. The number of benzene rings is 1. The molecule has 1 aliphatic heterocycles. The van der Waals surface area contributed by atoms with Crippen molar-refractivity contribution in [1.29, 1.82) is 0 Å². The van der Waals surface area contributed by atoms with Crippen molar-refractivity contribution in [1.82, 2.24) is 9.80 Å². The largest absolute Gasteiger partial charge is 0.444 e. The van der Waals surface area contributed by atoms with E-state index >= 15 is 0 Å². The summed E-state index contributed by atoms with van der Waals surface area (Å²) in [5, 5.41) is 2.71. The lowest BCUT2D eigenvalue weighted by atomic mass is 9.97. The van der Waals surface area contributed by atoms with Crippen LogP contribution < -0.4 is 5.32 Å². The van der Waals surface area contributed by atoms with Gasteiger partial charge in [0.15, 0.2) is 0 Å². The van der Waals surface area contributed by atoms with E-state index in [0.29, 0.717) is 12.2 Å². The highest BCUT2D eigenvalue weighted by Gasteiger charge is 2.26. The molecule has 1 saturated heterocycles. The lowest BCUT2D eigenvalue weighted by molar-refractivity contribution is -0.117. The zero-order valence-corrected chi connectivity index (χ0v) is 17.7. The van der Waals surface area contributed by atoms with Crippen LogP contribution in [0.5, 0.6) is 0 Å². The van der Waals surface area contributed by atoms with E-state index in [2.05, 4.69) is 10.2 Å². The van der Waals surface area contributed by atoms with E-state index in [4.69, 9.17) is 16.3 Å². The van der Waals surface area contributed by atoms with Gasteiger partial charge in [0.2, 0.25) is 5.91 Å². The van der Waals surface area contributed by atoms with Gasteiger partial charge in [0, 0.05) is 25.8 Å². The Morgan fingerprint density at radius 2 is 2.11 bits per heavy atom. The van der Waals surface area contributed by atoms with E-state index in [9.17, 15) is 14.0 Å². The average molecular weight is 414 g/mol. The molecule has 0 saturated carbocycles. The molecular weight excluding hydrogens is 385 g/mol. The smallest absolute Gasteiger partial charge is 0.410 e. The van der Waals surface area contributed by atoms with Gasteiger partial charge in [-0.3, -0.25) is 9.69 Å². The Kier molecular flexibility index (Phi) is 7.66. The second kappa shape index (κ2) is 9.56. The first kappa shape index (κ1) is 22.4. The number of carbonyl (C=O) groups is 2. The van der Waals surface area contributed by atoms with E-state index in [1.165, 1.54) is 18.2 Å². The van der Waals surface area contributed by atoms with Crippen LogP contribution in [0.4, 0.5) is 14.9 Å². The third-order valence-corrected chi connectivity index (χ3v) is 4.70. The summed E-state index contributed by atoms with van der Waals surface area (Å²) < 4.78 is 18.6. The van der Waals surface area contributed by atoms with Gasteiger partial charge in [-0.15, -0.1) is 0 Å². The summed E-state index contributed by atoms with van der Waals surface area (Å²) in [6.45, 7) is 7.90. The fraction of sp³-hybridized carbons (Fsp3) is 0.600. The number of nitrogens with zero attached hydrogens (tertiary/aromatic N) is 2. The van der Waals surface area contributed by atoms with Gasteiger partial charge in [0.25, 0.3) is 0 Å². The highest BCUT2D eigenvalue weighted by atomic mass is 35.5. The number of hydrogen-bond acceptors (Lipinski definition) is 4. The van der Waals surface area contributed by atoms with Crippen molar-refractivity contribution >= 4 is 29.3 Å². The Bertz CT molecular complexity index is 708. The van der Waals surface area contributed by atoms with Crippen molar-refractivity contribution in [3.63, 3.8) is 0 Å². The Labute approximate surface area is 171 Å². The predicted octanol–water partition coefficient (Wildman–Crippen LogP) is 4.00. The van der Waals surface area contributed by atoms with E-state index < -0.39 is 11.4 Å². The molecule has 1 heterocycles. The monoisotopic (exact) mass is 413 g/mol. The average Bonchev–Trinajstić information content (AvgIpc) is 2.57. The number of hydrogen-bond donors (Lipinski definition) is 1. The summed E-state index contributed by atoms with van der Waals surface area (Å²) in [4.78, 5) is 28.1. The van der Waals surface area contributed by atoms with Crippen LogP contribution in [0, 0.1) is 11.7 Å². The molecule has 0 aromatic heterocycles. The first-order valence-electron chi connectivity index (χ1n) is 9.45. The Morgan fingerprint density at radius 1 is 1.39 bits per heavy atom. The van der Waals surface area contributed by atoms with Crippen LogP contribution in [-0.2, 0) is 9.53 Å². The topological polar surface area (TPSA) is 61.9 Å². The third kappa shape index (κ3) is 7.28. The molecule has 8 heteroatoms.